The smallest absolute Gasteiger partial charge is 0.250 e. The van der Waals surface area contributed by atoms with Crippen LogP contribution in [0.5, 0.6) is 0 Å². The van der Waals surface area contributed by atoms with E-state index in [1.165, 1.54) is 11.8 Å². The number of para-hydroxylation sites is 1. The maximum absolute atomic E-state index is 12.4. The Morgan fingerprint density at radius 2 is 1.68 bits per heavy atom. The van der Waals surface area contributed by atoms with Gasteiger partial charge in [-0.05, 0) is 31.2 Å². The summed E-state index contributed by atoms with van der Waals surface area (Å²) in [5.74, 6) is 0.640. The lowest BCUT2D eigenvalue weighted by atomic mass is 10.2. The summed E-state index contributed by atoms with van der Waals surface area (Å²) in [6.45, 7) is 1.80. The Hall–Kier alpha value is -3.78. The molecule has 7 nitrogen and oxygen atoms in total. The van der Waals surface area contributed by atoms with Crippen LogP contribution in [0.1, 0.15) is 12.6 Å². The van der Waals surface area contributed by atoms with Crippen LogP contribution in [0, 0.1) is 0 Å². The summed E-state index contributed by atoms with van der Waals surface area (Å²) < 4.78 is 1.95. The summed E-state index contributed by atoms with van der Waals surface area (Å²) >= 11 is 1.31. The number of carbonyl (C=O) groups is 1. The zero-order valence-electron chi connectivity index (χ0n) is 16.8. The van der Waals surface area contributed by atoms with E-state index in [4.69, 9.17) is 0 Å². The quantitative estimate of drug-likeness (QED) is 0.274. The predicted octanol–water partition coefficient (Wildman–Crippen LogP) is 3.96. The fourth-order valence-electron chi connectivity index (χ4n) is 2.89. The second kappa shape index (κ2) is 9.82. The highest BCUT2D eigenvalue weighted by Gasteiger charge is 2.17. The molecule has 154 valence electrons. The number of benzene rings is 2. The lowest BCUT2D eigenvalue weighted by Crippen LogP contribution is -2.21. The molecule has 0 bridgehead atoms. The minimum absolute atomic E-state index is 0.152. The third-order valence-electron chi connectivity index (χ3n) is 4.40. The SMILES string of the molecule is C/C(=N\NC(=O)CSc1nnc(-c2ccccc2)n1-c1ccccc1)c1ccccn1. The zero-order chi connectivity index (χ0) is 21.5. The number of amides is 1. The van der Waals surface area contributed by atoms with Gasteiger partial charge in [-0.3, -0.25) is 14.3 Å². The molecule has 0 aliphatic rings. The van der Waals surface area contributed by atoms with Gasteiger partial charge in [-0.2, -0.15) is 5.10 Å². The summed E-state index contributed by atoms with van der Waals surface area (Å²) in [5, 5.41) is 13.5. The van der Waals surface area contributed by atoms with E-state index in [-0.39, 0.29) is 11.7 Å². The zero-order valence-corrected chi connectivity index (χ0v) is 17.7. The van der Waals surface area contributed by atoms with Crippen molar-refractivity contribution in [2.45, 2.75) is 12.1 Å². The Kier molecular flexibility index (Phi) is 6.49. The van der Waals surface area contributed by atoms with Gasteiger partial charge in [0.15, 0.2) is 11.0 Å². The third-order valence-corrected chi connectivity index (χ3v) is 5.32. The van der Waals surface area contributed by atoms with Crippen LogP contribution in [0.15, 0.2) is 95.3 Å². The van der Waals surface area contributed by atoms with Crippen LogP contribution in [0.25, 0.3) is 17.1 Å². The molecule has 1 amide bonds. The number of nitrogens with one attached hydrogen (secondary N) is 1. The molecule has 8 heteroatoms. The van der Waals surface area contributed by atoms with Gasteiger partial charge in [-0.25, -0.2) is 5.43 Å². The second-order valence-electron chi connectivity index (χ2n) is 6.58. The van der Waals surface area contributed by atoms with Crippen LogP contribution in [-0.2, 0) is 4.79 Å². The van der Waals surface area contributed by atoms with Crippen LogP contribution < -0.4 is 5.43 Å². The number of rotatable bonds is 7. The van der Waals surface area contributed by atoms with Crippen molar-refractivity contribution < 1.29 is 4.79 Å². The van der Waals surface area contributed by atoms with Crippen LogP contribution in [0.4, 0.5) is 0 Å². The van der Waals surface area contributed by atoms with Crippen LogP contribution in [-0.4, -0.2) is 37.1 Å². The number of hydrogen-bond donors (Lipinski definition) is 1. The molecule has 0 aliphatic carbocycles. The molecule has 4 rings (SSSR count). The van der Waals surface area contributed by atoms with Crippen LogP contribution in [0.3, 0.4) is 0 Å². The van der Waals surface area contributed by atoms with Crippen molar-refractivity contribution in [3.05, 3.63) is 90.8 Å². The molecule has 0 spiro atoms. The van der Waals surface area contributed by atoms with E-state index < -0.39 is 0 Å². The van der Waals surface area contributed by atoms with Crippen molar-refractivity contribution in [3.8, 4) is 17.1 Å². The second-order valence-corrected chi connectivity index (χ2v) is 7.52. The van der Waals surface area contributed by atoms with Crippen molar-refractivity contribution in [2.24, 2.45) is 5.10 Å². The number of carbonyl (C=O) groups excluding carboxylic acids is 1. The molecule has 0 saturated heterocycles. The molecule has 1 N–H and O–H groups in total. The fourth-order valence-corrected chi connectivity index (χ4v) is 3.63. The van der Waals surface area contributed by atoms with E-state index in [1.54, 1.807) is 13.1 Å². The molecule has 0 atom stereocenters. The van der Waals surface area contributed by atoms with Crippen molar-refractivity contribution in [3.63, 3.8) is 0 Å². The van der Waals surface area contributed by atoms with Gasteiger partial charge in [0.05, 0.1) is 17.2 Å². The Bertz CT molecular complexity index is 1180. The highest BCUT2D eigenvalue weighted by atomic mass is 32.2. The minimum atomic E-state index is -0.232. The van der Waals surface area contributed by atoms with Crippen LogP contribution >= 0.6 is 11.8 Å². The number of pyridine rings is 1. The molecule has 0 radical (unpaired) electrons. The van der Waals surface area contributed by atoms with Gasteiger partial charge in [0, 0.05) is 17.4 Å². The normalized spacial score (nSPS) is 11.3. The molecule has 4 aromatic rings. The van der Waals surface area contributed by atoms with Gasteiger partial charge in [0.1, 0.15) is 0 Å². The summed E-state index contributed by atoms with van der Waals surface area (Å²) in [6.07, 6.45) is 1.69. The topological polar surface area (TPSA) is 85.1 Å². The first-order chi connectivity index (χ1) is 15.2. The van der Waals surface area contributed by atoms with E-state index in [0.29, 0.717) is 16.6 Å². The predicted molar refractivity (Wildman–Crippen MR) is 122 cm³/mol. The maximum Gasteiger partial charge on any atom is 0.250 e. The Labute approximate surface area is 184 Å². The first kappa shape index (κ1) is 20.5. The van der Waals surface area contributed by atoms with Crippen molar-refractivity contribution in [1.29, 1.82) is 0 Å². The van der Waals surface area contributed by atoms with E-state index >= 15 is 0 Å². The average Bonchev–Trinajstić information content (AvgIpc) is 3.27. The fraction of sp³-hybridized carbons (Fsp3) is 0.0870. The molecular formula is C23H20N6OS. The average molecular weight is 429 g/mol. The monoisotopic (exact) mass is 428 g/mol. The summed E-state index contributed by atoms with van der Waals surface area (Å²) in [5.41, 5.74) is 5.81. The Morgan fingerprint density at radius 3 is 2.39 bits per heavy atom. The summed E-state index contributed by atoms with van der Waals surface area (Å²) in [7, 11) is 0. The van der Waals surface area contributed by atoms with E-state index in [0.717, 1.165) is 17.1 Å². The molecule has 2 aromatic carbocycles. The number of hydrazone groups is 1. The van der Waals surface area contributed by atoms with Gasteiger partial charge in [0.25, 0.3) is 5.91 Å². The summed E-state index contributed by atoms with van der Waals surface area (Å²) in [4.78, 5) is 16.6. The van der Waals surface area contributed by atoms with Crippen LogP contribution in [0.2, 0.25) is 0 Å². The Balaban J connectivity index is 1.51. The van der Waals surface area contributed by atoms with Crippen molar-refractivity contribution in [1.82, 2.24) is 25.2 Å². The number of aromatic nitrogens is 4. The van der Waals surface area contributed by atoms with Gasteiger partial charge < -0.3 is 0 Å². The highest BCUT2D eigenvalue weighted by molar-refractivity contribution is 7.99. The largest absolute Gasteiger partial charge is 0.272 e. The van der Waals surface area contributed by atoms with Gasteiger partial charge >= 0.3 is 0 Å². The van der Waals surface area contributed by atoms with E-state index in [2.05, 4.69) is 25.7 Å². The molecule has 0 unspecified atom stereocenters. The van der Waals surface area contributed by atoms with E-state index in [9.17, 15) is 4.79 Å². The third kappa shape index (κ3) is 5.04. The molecule has 2 aromatic heterocycles. The summed E-state index contributed by atoms with van der Waals surface area (Å²) in [6, 6.07) is 25.2. The van der Waals surface area contributed by atoms with E-state index in [1.807, 2.05) is 83.4 Å². The molecular weight excluding hydrogens is 408 g/mol. The first-order valence-electron chi connectivity index (χ1n) is 9.66. The number of hydrogen-bond acceptors (Lipinski definition) is 6. The minimum Gasteiger partial charge on any atom is -0.272 e. The van der Waals surface area contributed by atoms with Crippen molar-refractivity contribution >= 4 is 23.4 Å². The standard InChI is InChI=1S/C23H20N6OS/c1-17(20-14-8-9-15-24-20)25-26-21(30)16-31-23-28-27-22(18-10-4-2-5-11-18)29(23)19-12-6-3-7-13-19/h2-15H,16H2,1H3,(H,26,30)/b25-17+. The molecule has 31 heavy (non-hydrogen) atoms. The number of thioether (sulfide) groups is 1. The van der Waals surface area contributed by atoms with Gasteiger partial charge in [-0.1, -0.05) is 66.4 Å². The first-order valence-corrected chi connectivity index (χ1v) is 10.6. The molecule has 0 fully saturated rings. The lowest BCUT2D eigenvalue weighted by Gasteiger charge is -2.10. The molecule has 0 aliphatic heterocycles. The Morgan fingerprint density at radius 1 is 0.968 bits per heavy atom. The maximum atomic E-state index is 12.4. The molecule has 0 saturated carbocycles. The van der Waals surface area contributed by atoms with Gasteiger partial charge in [-0.15, -0.1) is 10.2 Å². The lowest BCUT2D eigenvalue weighted by molar-refractivity contribution is -0.118. The van der Waals surface area contributed by atoms with Gasteiger partial charge in [0.2, 0.25) is 0 Å². The highest BCUT2D eigenvalue weighted by Crippen LogP contribution is 2.27. The van der Waals surface area contributed by atoms with Crippen molar-refractivity contribution in [2.75, 3.05) is 5.75 Å². The number of nitrogens with zero attached hydrogens (tertiary/aromatic N) is 5. The molecule has 2 heterocycles.